The van der Waals surface area contributed by atoms with Gasteiger partial charge in [0.2, 0.25) is 0 Å². The van der Waals surface area contributed by atoms with Crippen molar-refractivity contribution in [2.24, 2.45) is 5.10 Å². The molecule has 4 rings (SSSR count). The third-order valence-corrected chi connectivity index (χ3v) is 5.68. The number of amides is 2. The van der Waals surface area contributed by atoms with E-state index in [1.165, 1.54) is 0 Å². The van der Waals surface area contributed by atoms with E-state index in [1.807, 2.05) is 37.3 Å². The van der Waals surface area contributed by atoms with Crippen LogP contribution >= 0.6 is 22.6 Å². The standard InChI is InChI=1S/C23H20IN3O3/c1-14-20-18(26-27-22(28)15-6-3-2-4-7-15)8-5-9-19(20)30-21(14)23(29)25-17-12-10-16(24)11-13-17/h2-4,6-7,10-13H,5,8-9H2,1H3,(H,25,29)(H,27,28)/b26-18+. The van der Waals surface area contributed by atoms with Gasteiger partial charge in [-0.1, -0.05) is 18.2 Å². The first-order valence-electron chi connectivity index (χ1n) is 9.64. The van der Waals surface area contributed by atoms with E-state index in [0.717, 1.165) is 39.0 Å². The van der Waals surface area contributed by atoms with Gasteiger partial charge in [0.1, 0.15) is 5.76 Å². The van der Waals surface area contributed by atoms with Gasteiger partial charge in [0.15, 0.2) is 5.76 Å². The molecule has 1 aromatic heterocycles. The molecule has 0 spiro atoms. The smallest absolute Gasteiger partial charge is 0.291 e. The molecule has 7 heteroatoms. The Morgan fingerprint density at radius 1 is 1.00 bits per heavy atom. The van der Waals surface area contributed by atoms with Crippen LogP contribution < -0.4 is 10.7 Å². The lowest BCUT2D eigenvalue weighted by molar-refractivity contribution is 0.0953. The monoisotopic (exact) mass is 513 g/mol. The summed E-state index contributed by atoms with van der Waals surface area (Å²) < 4.78 is 7.00. The predicted octanol–water partition coefficient (Wildman–Crippen LogP) is 4.92. The minimum atomic E-state index is -0.296. The molecule has 2 aromatic carbocycles. The van der Waals surface area contributed by atoms with Crippen LogP contribution in [0.25, 0.3) is 0 Å². The summed E-state index contributed by atoms with van der Waals surface area (Å²) in [6.45, 7) is 1.85. The number of halogens is 1. The summed E-state index contributed by atoms with van der Waals surface area (Å²) in [5, 5.41) is 7.23. The van der Waals surface area contributed by atoms with Gasteiger partial charge in [-0.05, 0) is 78.8 Å². The zero-order valence-electron chi connectivity index (χ0n) is 16.4. The van der Waals surface area contributed by atoms with Gasteiger partial charge >= 0.3 is 0 Å². The van der Waals surface area contributed by atoms with Crippen LogP contribution in [0, 0.1) is 10.5 Å². The van der Waals surface area contributed by atoms with E-state index in [1.54, 1.807) is 24.3 Å². The first kappa shape index (κ1) is 20.3. The van der Waals surface area contributed by atoms with Crippen molar-refractivity contribution >= 4 is 45.8 Å². The van der Waals surface area contributed by atoms with E-state index in [4.69, 9.17) is 4.42 Å². The number of aryl methyl sites for hydroxylation is 1. The zero-order valence-corrected chi connectivity index (χ0v) is 18.5. The fraction of sp³-hybridized carbons (Fsp3) is 0.174. The van der Waals surface area contributed by atoms with Crippen molar-refractivity contribution in [2.45, 2.75) is 26.2 Å². The van der Waals surface area contributed by atoms with Crippen molar-refractivity contribution in [1.29, 1.82) is 0 Å². The number of carbonyl (C=O) groups is 2. The van der Waals surface area contributed by atoms with Crippen LogP contribution in [0.3, 0.4) is 0 Å². The minimum absolute atomic E-state index is 0.270. The van der Waals surface area contributed by atoms with Gasteiger partial charge < -0.3 is 9.73 Å². The van der Waals surface area contributed by atoms with Crippen LogP contribution in [0.1, 0.15) is 50.6 Å². The molecular formula is C23H20IN3O3. The van der Waals surface area contributed by atoms with Crippen molar-refractivity contribution in [3.05, 3.63) is 86.4 Å². The molecule has 1 aliphatic rings. The Morgan fingerprint density at radius 3 is 2.47 bits per heavy atom. The number of fused-ring (bicyclic) bond motifs is 1. The van der Waals surface area contributed by atoms with E-state index in [9.17, 15) is 9.59 Å². The maximum atomic E-state index is 12.8. The van der Waals surface area contributed by atoms with Gasteiger partial charge in [-0.15, -0.1) is 0 Å². The molecule has 2 amide bonds. The highest BCUT2D eigenvalue weighted by Crippen LogP contribution is 2.30. The number of hydrogen-bond donors (Lipinski definition) is 2. The third-order valence-electron chi connectivity index (χ3n) is 4.96. The highest BCUT2D eigenvalue weighted by Gasteiger charge is 2.28. The number of carbonyl (C=O) groups excluding carboxylic acids is 2. The van der Waals surface area contributed by atoms with Crippen molar-refractivity contribution < 1.29 is 14.0 Å². The molecule has 3 aromatic rings. The zero-order chi connectivity index (χ0) is 21.1. The minimum Gasteiger partial charge on any atom is -0.455 e. The molecule has 2 N–H and O–H groups in total. The lowest BCUT2D eigenvalue weighted by atomic mass is 9.93. The van der Waals surface area contributed by atoms with Gasteiger partial charge in [0, 0.05) is 32.4 Å². The normalized spacial score (nSPS) is 14.3. The SMILES string of the molecule is Cc1c(C(=O)Nc2ccc(I)cc2)oc2c1/C(=N/NC(=O)c1ccccc1)CCC2. The van der Waals surface area contributed by atoms with Crippen molar-refractivity contribution in [3.8, 4) is 0 Å². The summed E-state index contributed by atoms with van der Waals surface area (Å²) in [6.07, 6.45) is 2.29. The van der Waals surface area contributed by atoms with Crippen LogP contribution in [0.4, 0.5) is 5.69 Å². The van der Waals surface area contributed by atoms with Crippen molar-refractivity contribution in [1.82, 2.24) is 5.43 Å². The fourth-order valence-electron chi connectivity index (χ4n) is 3.49. The maximum Gasteiger partial charge on any atom is 0.291 e. The second-order valence-electron chi connectivity index (χ2n) is 7.03. The lowest BCUT2D eigenvalue weighted by Crippen LogP contribution is -2.22. The van der Waals surface area contributed by atoms with Gasteiger partial charge in [-0.25, -0.2) is 5.43 Å². The van der Waals surface area contributed by atoms with E-state index < -0.39 is 0 Å². The van der Waals surface area contributed by atoms with Crippen molar-refractivity contribution in [3.63, 3.8) is 0 Å². The molecule has 0 fully saturated rings. The van der Waals surface area contributed by atoms with E-state index in [-0.39, 0.29) is 17.6 Å². The Bertz CT molecular complexity index is 1120. The molecule has 0 radical (unpaired) electrons. The van der Waals surface area contributed by atoms with Crippen LogP contribution in [0.15, 0.2) is 64.1 Å². The third kappa shape index (κ3) is 4.30. The molecule has 0 atom stereocenters. The second kappa shape index (κ2) is 8.83. The lowest BCUT2D eigenvalue weighted by Gasteiger charge is -2.13. The molecular weight excluding hydrogens is 493 g/mol. The maximum absolute atomic E-state index is 12.8. The molecule has 6 nitrogen and oxygen atoms in total. The molecule has 0 unspecified atom stereocenters. The van der Waals surface area contributed by atoms with Crippen LogP contribution in [-0.4, -0.2) is 17.5 Å². The van der Waals surface area contributed by atoms with Crippen LogP contribution in [0.5, 0.6) is 0 Å². The number of rotatable bonds is 4. The Kier molecular flexibility index (Phi) is 5.98. The molecule has 0 aliphatic heterocycles. The topological polar surface area (TPSA) is 83.7 Å². The van der Waals surface area contributed by atoms with E-state index in [0.29, 0.717) is 17.7 Å². The molecule has 0 saturated carbocycles. The number of anilines is 1. The number of benzene rings is 2. The number of nitrogens with zero attached hydrogens (tertiary/aromatic N) is 1. The number of furan rings is 1. The second-order valence-corrected chi connectivity index (χ2v) is 8.28. The molecule has 1 heterocycles. The Morgan fingerprint density at radius 2 is 1.73 bits per heavy atom. The molecule has 0 saturated heterocycles. The van der Waals surface area contributed by atoms with Gasteiger partial charge in [-0.2, -0.15) is 5.10 Å². The Hall–Kier alpha value is -2.94. The summed E-state index contributed by atoms with van der Waals surface area (Å²) >= 11 is 2.22. The average molecular weight is 513 g/mol. The van der Waals surface area contributed by atoms with Gasteiger partial charge in [0.25, 0.3) is 11.8 Å². The predicted molar refractivity (Wildman–Crippen MR) is 124 cm³/mol. The summed E-state index contributed by atoms with van der Waals surface area (Å²) in [5.74, 6) is 0.450. The molecule has 1 aliphatic carbocycles. The first-order valence-corrected chi connectivity index (χ1v) is 10.7. The highest BCUT2D eigenvalue weighted by molar-refractivity contribution is 14.1. The van der Waals surface area contributed by atoms with Crippen LogP contribution in [-0.2, 0) is 6.42 Å². The highest BCUT2D eigenvalue weighted by atomic mass is 127. The quantitative estimate of drug-likeness (QED) is 0.384. The van der Waals surface area contributed by atoms with Crippen molar-refractivity contribution in [2.75, 3.05) is 5.32 Å². The summed E-state index contributed by atoms with van der Waals surface area (Å²) in [5.41, 5.74) is 6.16. The molecule has 30 heavy (non-hydrogen) atoms. The fourth-order valence-corrected chi connectivity index (χ4v) is 3.85. The van der Waals surface area contributed by atoms with Crippen LogP contribution in [0.2, 0.25) is 0 Å². The van der Waals surface area contributed by atoms with Gasteiger partial charge in [0.05, 0.1) is 5.71 Å². The Balaban J connectivity index is 1.56. The molecule has 152 valence electrons. The summed E-state index contributed by atoms with van der Waals surface area (Å²) in [4.78, 5) is 25.1. The summed E-state index contributed by atoms with van der Waals surface area (Å²) in [7, 11) is 0. The first-order chi connectivity index (χ1) is 14.5. The average Bonchev–Trinajstić information content (AvgIpc) is 3.11. The molecule has 0 bridgehead atoms. The number of hydrazone groups is 1. The van der Waals surface area contributed by atoms with E-state index in [2.05, 4.69) is 38.4 Å². The largest absolute Gasteiger partial charge is 0.455 e. The number of hydrogen-bond acceptors (Lipinski definition) is 4. The van der Waals surface area contributed by atoms with E-state index >= 15 is 0 Å². The number of nitrogens with one attached hydrogen (secondary N) is 2. The Labute approximate surface area is 187 Å². The van der Waals surface area contributed by atoms with Gasteiger partial charge in [-0.3, -0.25) is 9.59 Å². The summed E-state index contributed by atoms with van der Waals surface area (Å²) in [6, 6.07) is 16.5.